The summed E-state index contributed by atoms with van der Waals surface area (Å²) in [6.45, 7) is 0. The van der Waals surface area contributed by atoms with Crippen LogP contribution in [0.15, 0.2) is 192 Å². The highest BCUT2D eigenvalue weighted by Gasteiger charge is 2.21. The Bertz CT molecular complexity index is 3170. The van der Waals surface area contributed by atoms with E-state index in [1.807, 2.05) is 78.9 Å². The van der Waals surface area contributed by atoms with Gasteiger partial charge in [0.1, 0.15) is 16.8 Å². The van der Waals surface area contributed by atoms with Crippen LogP contribution in [0.5, 0.6) is 0 Å². The first-order valence-corrected chi connectivity index (χ1v) is 18.6. The maximum atomic E-state index is 6.62. The second-order valence-corrected chi connectivity index (χ2v) is 13.9. The fraction of sp³-hybridized carbons (Fsp3) is 0. The second kappa shape index (κ2) is 13.0. The van der Waals surface area contributed by atoms with Crippen LogP contribution in [0.3, 0.4) is 0 Å². The quantitative estimate of drug-likeness (QED) is 0.171. The van der Waals surface area contributed by atoms with Crippen LogP contribution < -0.4 is 0 Å². The van der Waals surface area contributed by atoms with E-state index in [0.717, 1.165) is 61.4 Å². The zero-order valence-electron chi connectivity index (χ0n) is 30.0. The topological polar surface area (TPSA) is 69.6 Å². The smallest absolute Gasteiger partial charge is 0.199 e. The first-order valence-electron chi connectivity index (χ1n) is 18.6. The molecule has 262 valence electrons. The van der Waals surface area contributed by atoms with Gasteiger partial charge in [-0.15, -0.1) is 0 Å². The SMILES string of the molecule is c1ccc(-c2cc(-c3ccccc3)nc(-c3nc(-c4ccccc4)c4oc5ccc(-c6ccc7c(c6)c6ccccc6n7-c6ccccc6)cc5c4n3)n2)cc1. The third-order valence-corrected chi connectivity index (χ3v) is 10.4. The van der Waals surface area contributed by atoms with Crippen molar-refractivity contribution in [2.75, 3.05) is 0 Å². The van der Waals surface area contributed by atoms with Crippen molar-refractivity contribution >= 4 is 43.9 Å². The minimum atomic E-state index is 0.426. The molecule has 0 N–H and O–H groups in total. The van der Waals surface area contributed by atoms with Crippen molar-refractivity contribution in [1.82, 2.24) is 24.5 Å². The summed E-state index contributed by atoms with van der Waals surface area (Å²) in [7, 11) is 0. The number of fused-ring (bicyclic) bond motifs is 6. The summed E-state index contributed by atoms with van der Waals surface area (Å²) >= 11 is 0. The molecule has 0 unspecified atom stereocenters. The summed E-state index contributed by atoms with van der Waals surface area (Å²) in [5, 5.41) is 3.30. The van der Waals surface area contributed by atoms with Gasteiger partial charge in [-0.1, -0.05) is 140 Å². The number of furan rings is 1. The minimum absolute atomic E-state index is 0.426. The Kier molecular flexibility index (Phi) is 7.38. The Hall–Kier alpha value is -7.70. The summed E-state index contributed by atoms with van der Waals surface area (Å²) in [6, 6.07) is 64.7. The number of benzene rings is 7. The molecule has 0 saturated heterocycles. The monoisotopic (exact) mass is 717 g/mol. The van der Waals surface area contributed by atoms with Crippen molar-refractivity contribution in [3.8, 4) is 62.2 Å². The van der Waals surface area contributed by atoms with Gasteiger partial charge in [-0.05, 0) is 59.7 Å². The molecule has 0 aliphatic heterocycles. The van der Waals surface area contributed by atoms with Crippen molar-refractivity contribution in [2.24, 2.45) is 0 Å². The van der Waals surface area contributed by atoms with Crippen LogP contribution in [0.4, 0.5) is 0 Å². The molecular formula is C50H31N5O. The van der Waals surface area contributed by atoms with Crippen LogP contribution >= 0.6 is 0 Å². The molecule has 0 atom stereocenters. The first kappa shape index (κ1) is 31.8. The molecule has 11 rings (SSSR count). The summed E-state index contributed by atoms with van der Waals surface area (Å²) in [6.07, 6.45) is 0. The lowest BCUT2D eigenvalue weighted by Crippen LogP contribution is -2.01. The third kappa shape index (κ3) is 5.35. The van der Waals surface area contributed by atoms with Crippen LogP contribution in [0.25, 0.3) is 106 Å². The molecule has 6 heteroatoms. The van der Waals surface area contributed by atoms with Gasteiger partial charge in [0.2, 0.25) is 0 Å². The largest absolute Gasteiger partial charge is 0.452 e. The highest BCUT2D eigenvalue weighted by molar-refractivity contribution is 6.11. The van der Waals surface area contributed by atoms with E-state index < -0.39 is 0 Å². The molecule has 0 aliphatic carbocycles. The van der Waals surface area contributed by atoms with Gasteiger partial charge < -0.3 is 8.98 Å². The molecule has 11 aromatic rings. The van der Waals surface area contributed by atoms with E-state index in [4.69, 9.17) is 24.4 Å². The van der Waals surface area contributed by atoms with Gasteiger partial charge >= 0.3 is 0 Å². The van der Waals surface area contributed by atoms with E-state index in [-0.39, 0.29) is 0 Å². The average Bonchev–Trinajstić information content (AvgIpc) is 3.82. The van der Waals surface area contributed by atoms with Crippen LogP contribution in [0.2, 0.25) is 0 Å². The highest BCUT2D eigenvalue weighted by Crippen LogP contribution is 2.39. The van der Waals surface area contributed by atoms with E-state index in [0.29, 0.717) is 28.4 Å². The number of hydrogen-bond acceptors (Lipinski definition) is 5. The molecule has 7 aromatic carbocycles. The van der Waals surface area contributed by atoms with Gasteiger partial charge in [-0.25, -0.2) is 19.9 Å². The van der Waals surface area contributed by atoms with E-state index in [9.17, 15) is 0 Å². The molecule has 4 heterocycles. The lowest BCUT2D eigenvalue weighted by Gasteiger charge is -2.10. The summed E-state index contributed by atoms with van der Waals surface area (Å²) < 4.78 is 8.95. The second-order valence-electron chi connectivity index (χ2n) is 13.9. The number of aromatic nitrogens is 5. The van der Waals surface area contributed by atoms with Crippen LogP contribution in [0.1, 0.15) is 0 Å². The van der Waals surface area contributed by atoms with Crippen molar-refractivity contribution in [2.45, 2.75) is 0 Å². The highest BCUT2D eigenvalue weighted by atomic mass is 16.3. The minimum Gasteiger partial charge on any atom is -0.452 e. The summed E-state index contributed by atoms with van der Waals surface area (Å²) in [4.78, 5) is 20.5. The molecule has 56 heavy (non-hydrogen) atoms. The molecule has 0 bridgehead atoms. The molecule has 0 aliphatic rings. The zero-order chi connectivity index (χ0) is 37.0. The molecule has 0 fully saturated rings. The van der Waals surface area contributed by atoms with Gasteiger partial charge in [-0.3, -0.25) is 0 Å². The van der Waals surface area contributed by atoms with E-state index in [1.54, 1.807) is 0 Å². The summed E-state index contributed by atoms with van der Waals surface area (Å²) in [5.74, 6) is 0.865. The average molecular weight is 718 g/mol. The van der Waals surface area contributed by atoms with E-state index in [2.05, 4.69) is 114 Å². The first-order chi connectivity index (χ1) is 27.7. The van der Waals surface area contributed by atoms with Crippen LogP contribution in [-0.2, 0) is 0 Å². The van der Waals surface area contributed by atoms with Crippen LogP contribution in [-0.4, -0.2) is 24.5 Å². The third-order valence-electron chi connectivity index (χ3n) is 10.4. The maximum Gasteiger partial charge on any atom is 0.199 e. The molecule has 0 spiro atoms. The standard InChI is InChI=1S/C50H31N5O/c1-5-15-32(16-6-1)41-31-42(33-17-7-2-8-18-33)52-49(51-41)50-53-46(34-19-9-3-10-20-34)48-47(54-50)40-30-36(26-28-45(40)56-48)35-25-27-44-39(29-35)38-23-13-14-24-43(38)55(44)37-21-11-4-12-22-37/h1-31H. The Morgan fingerprint density at radius 3 is 1.59 bits per heavy atom. The van der Waals surface area contributed by atoms with Gasteiger partial charge in [-0.2, -0.15) is 0 Å². The molecule has 0 amide bonds. The molecule has 0 saturated carbocycles. The van der Waals surface area contributed by atoms with Gasteiger partial charge in [0.15, 0.2) is 17.2 Å². The number of hydrogen-bond donors (Lipinski definition) is 0. The maximum absolute atomic E-state index is 6.62. The van der Waals surface area contributed by atoms with Gasteiger partial charge in [0, 0.05) is 38.5 Å². The molecule has 6 nitrogen and oxygen atoms in total. The molecule has 0 radical (unpaired) electrons. The predicted molar refractivity (Wildman–Crippen MR) is 226 cm³/mol. The fourth-order valence-corrected chi connectivity index (χ4v) is 7.78. The molecule has 4 aromatic heterocycles. The lowest BCUT2D eigenvalue weighted by atomic mass is 10.0. The van der Waals surface area contributed by atoms with Crippen molar-refractivity contribution in [3.05, 3.63) is 188 Å². The Labute approximate surface area is 322 Å². The fourth-order valence-electron chi connectivity index (χ4n) is 7.78. The van der Waals surface area contributed by atoms with Crippen molar-refractivity contribution < 1.29 is 4.42 Å². The Morgan fingerprint density at radius 1 is 0.375 bits per heavy atom. The van der Waals surface area contributed by atoms with Crippen LogP contribution in [0, 0.1) is 0 Å². The Balaban J connectivity index is 1.12. The van der Waals surface area contributed by atoms with E-state index in [1.165, 1.54) is 16.3 Å². The molecular weight excluding hydrogens is 687 g/mol. The predicted octanol–water partition coefficient (Wildman–Crippen LogP) is 12.6. The lowest BCUT2D eigenvalue weighted by molar-refractivity contribution is 0.667. The van der Waals surface area contributed by atoms with Gasteiger partial charge in [0.05, 0.1) is 22.4 Å². The normalized spacial score (nSPS) is 11.6. The number of nitrogens with zero attached hydrogens (tertiary/aromatic N) is 5. The number of para-hydroxylation sites is 2. The van der Waals surface area contributed by atoms with E-state index >= 15 is 0 Å². The van der Waals surface area contributed by atoms with Crippen molar-refractivity contribution in [1.29, 1.82) is 0 Å². The van der Waals surface area contributed by atoms with Crippen molar-refractivity contribution in [3.63, 3.8) is 0 Å². The Morgan fingerprint density at radius 2 is 0.911 bits per heavy atom. The summed E-state index contributed by atoms with van der Waals surface area (Å²) in [5.41, 5.74) is 12.9. The van der Waals surface area contributed by atoms with Gasteiger partial charge in [0.25, 0.3) is 0 Å². The number of rotatable bonds is 6. The zero-order valence-corrected chi connectivity index (χ0v) is 30.0.